The summed E-state index contributed by atoms with van der Waals surface area (Å²) in [4.78, 5) is 26.9. The van der Waals surface area contributed by atoms with Gasteiger partial charge in [-0.3, -0.25) is 9.59 Å². The fourth-order valence-electron chi connectivity index (χ4n) is 3.45. The summed E-state index contributed by atoms with van der Waals surface area (Å²) in [5, 5.41) is 3.03. The second kappa shape index (κ2) is 7.95. The molecule has 2 unspecified atom stereocenters. The van der Waals surface area contributed by atoms with E-state index in [9.17, 15) is 14.0 Å². The Kier molecular flexibility index (Phi) is 5.68. The number of halogens is 1. The second-order valence-corrected chi connectivity index (χ2v) is 6.91. The Labute approximate surface area is 147 Å². The van der Waals surface area contributed by atoms with Gasteiger partial charge in [-0.25, -0.2) is 4.39 Å². The molecule has 25 heavy (non-hydrogen) atoms. The third-order valence-corrected chi connectivity index (χ3v) is 5.05. The van der Waals surface area contributed by atoms with Gasteiger partial charge in [0.25, 0.3) is 0 Å². The molecule has 0 radical (unpaired) electrons. The van der Waals surface area contributed by atoms with E-state index in [1.54, 1.807) is 24.1 Å². The molecule has 1 aromatic rings. The molecule has 1 aliphatic heterocycles. The van der Waals surface area contributed by atoms with Crippen LogP contribution in [0.25, 0.3) is 0 Å². The van der Waals surface area contributed by atoms with Crippen LogP contribution in [0.5, 0.6) is 0 Å². The van der Waals surface area contributed by atoms with Crippen LogP contribution in [0.3, 0.4) is 0 Å². The average molecular weight is 348 g/mol. The molecule has 1 N–H and O–H groups in total. The first-order chi connectivity index (χ1) is 12.1. The molecular formula is C19H25FN2O3. The Balaban J connectivity index is 1.83. The first-order valence-electron chi connectivity index (χ1n) is 8.91. The smallest absolute Gasteiger partial charge is 0.225 e. The molecule has 2 amide bonds. The van der Waals surface area contributed by atoms with Gasteiger partial charge in [0, 0.05) is 26.6 Å². The normalized spacial score (nSPS) is 23.6. The van der Waals surface area contributed by atoms with Crippen LogP contribution in [-0.2, 0) is 14.3 Å². The maximum Gasteiger partial charge on any atom is 0.225 e. The average Bonchev–Trinajstić information content (AvgIpc) is 3.43. The van der Waals surface area contributed by atoms with Gasteiger partial charge >= 0.3 is 0 Å². The summed E-state index contributed by atoms with van der Waals surface area (Å²) in [6.45, 7) is 1.53. The zero-order valence-corrected chi connectivity index (χ0v) is 14.5. The highest BCUT2D eigenvalue weighted by Gasteiger charge is 2.40. The molecule has 6 heteroatoms. The highest BCUT2D eigenvalue weighted by molar-refractivity contribution is 5.85. The van der Waals surface area contributed by atoms with Gasteiger partial charge in [0.15, 0.2) is 0 Å². The zero-order valence-electron chi connectivity index (χ0n) is 14.5. The lowest BCUT2D eigenvalue weighted by Crippen LogP contribution is -2.49. The lowest BCUT2D eigenvalue weighted by molar-refractivity contribution is -0.144. The third-order valence-electron chi connectivity index (χ3n) is 5.05. The quantitative estimate of drug-likeness (QED) is 0.822. The summed E-state index contributed by atoms with van der Waals surface area (Å²) in [7, 11) is 1.58. The minimum absolute atomic E-state index is 0.0117. The number of amides is 2. The summed E-state index contributed by atoms with van der Waals surface area (Å²) >= 11 is 0. The number of ether oxygens (including phenoxy) is 1. The number of methoxy groups -OCH3 is 1. The lowest BCUT2D eigenvalue weighted by atomic mass is 9.83. The van der Waals surface area contributed by atoms with E-state index < -0.39 is 0 Å². The van der Waals surface area contributed by atoms with E-state index >= 15 is 0 Å². The van der Waals surface area contributed by atoms with Crippen molar-refractivity contribution < 1.29 is 18.7 Å². The highest BCUT2D eigenvalue weighted by Crippen LogP contribution is 2.37. The van der Waals surface area contributed by atoms with Crippen LogP contribution in [0.2, 0.25) is 0 Å². The van der Waals surface area contributed by atoms with Crippen molar-refractivity contribution in [2.75, 3.05) is 26.8 Å². The molecule has 1 aromatic carbocycles. The second-order valence-electron chi connectivity index (χ2n) is 6.91. The van der Waals surface area contributed by atoms with Gasteiger partial charge in [0.2, 0.25) is 11.8 Å². The number of hydrogen-bond donors (Lipinski definition) is 1. The Morgan fingerprint density at radius 2 is 2.00 bits per heavy atom. The summed E-state index contributed by atoms with van der Waals surface area (Å²) < 4.78 is 18.4. The van der Waals surface area contributed by atoms with E-state index in [1.165, 1.54) is 25.0 Å². The van der Waals surface area contributed by atoms with Crippen LogP contribution in [0.15, 0.2) is 24.3 Å². The Bertz CT molecular complexity index is 616. The van der Waals surface area contributed by atoms with Gasteiger partial charge < -0.3 is 15.0 Å². The molecule has 1 saturated heterocycles. The number of nitrogens with one attached hydrogen (secondary N) is 1. The molecule has 0 aromatic heterocycles. The number of carbonyl (C=O) groups is 2. The Morgan fingerprint density at radius 1 is 1.28 bits per heavy atom. The van der Waals surface area contributed by atoms with E-state index in [0.717, 1.165) is 5.56 Å². The largest absolute Gasteiger partial charge is 0.383 e. The monoisotopic (exact) mass is 348 g/mol. The molecule has 3 rings (SSSR count). The molecule has 5 nitrogen and oxygen atoms in total. The lowest BCUT2D eigenvalue weighted by Gasteiger charge is -2.40. The van der Waals surface area contributed by atoms with Gasteiger partial charge in [-0.05, 0) is 42.9 Å². The van der Waals surface area contributed by atoms with Crippen molar-refractivity contribution in [2.24, 2.45) is 11.8 Å². The van der Waals surface area contributed by atoms with Crippen LogP contribution in [0, 0.1) is 17.7 Å². The summed E-state index contributed by atoms with van der Waals surface area (Å²) in [5.74, 6) is -0.0559. The van der Waals surface area contributed by atoms with E-state index in [4.69, 9.17) is 4.74 Å². The Morgan fingerprint density at radius 3 is 2.64 bits per heavy atom. The van der Waals surface area contributed by atoms with Crippen molar-refractivity contribution in [3.05, 3.63) is 35.6 Å². The molecule has 1 aliphatic carbocycles. The maximum absolute atomic E-state index is 13.3. The van der Waals surface area contributed by atoms with E-state index in [1.807, 2.05) is 0 Å². The summed E-state index contributed by atoms with van der Waals surface area (Å²) in [6.07, 6.45) is 3.21. The summed E-state index contributed by atoms with van der Waals surface area (Å²) in [5.41, 5.74) is 0.789. The fraction of sp³-hybridized carbons (Fsp3) is 0.579. The van der Waals surface area contributed by atoms with Gasteiger partial charge in [-0.1, -0.05) is 12.1 Å². The number of hydrogen-bond acceptors (Lipinski definition) is 3. The molecule has 2 aliphatic rings. The maximum atomic E-state index is 13.3. The predicted molar refractivity (Wildman–Crippen MR) is 91.2 cm³/mol. The van der Waals surface area contributed by atoms with Gasteiger partial charge in [-0.15, -0.1) is 0 Å². The number of nitrogens with zero attached hydrogens (tertiary/aromatic N) is 1. The SMILES string of the molecule is COCCN1C(=O)CCC(C(=O)NCC2CC2)C1c1ccc(F)cc1. The van der Waals surface area contributed by atoms with Crippen LogP contribution in [0.1, 0.15) is 37.3 Å². The van der Waals surface area contributed by atoms with Gasteiger partial charge in [0.1, 0.15) is 5.82 Å². The first-order valence-corrected chi connectivity index (χ1v) is 8.91. The zero-order chi connectivity index (χ0) is 17.8. The minimum atomic E-state index is -0.379. The van der Waals surface area contributed by atoms with Crippen molar-refractivity contribution in [3.63, 3.8) is 0 Å². The number of likely N-dealkylation sites (tertiary alicyclic amines) is 1. The van der Waals surface area contributed by atoms with Crippen LogP contribution < -0.4 is 5.32 Å². The van der Waals surface area contributed by atoms with Crippen molar-refractivity contribution in [1.29, 1.82) is 0 Å². The molecule has 2 atom stereocenters. The van der Waals surface area contributed by atoms with Crippen molar-refractivity contribution in [3.8, 4) is 0 Å². The minimum Gasteiger partial charge on any atom is -0.383 e. The van der Waals surface area contributed by atoms with Crippen molar-refractivity contribution in [2.45, 2.75) is 31.7 Å². The topological polar surface area (TPSA) is 58.6 Å². The molecule has 136 valence electrons. The van der Waals surface area contributed by atoms with E-state index in [2.05, 4.69) is 5.32 Å². The standard InChI is InChI=1S/C19H25FN2O3/c1-25-11-10-22-17(23)9-8-16(19(24)21-12-13-2-3-13)18(22)14-4-6-15(20)7-5-14/h4-7,13,16,18H,2-3,8-12H2,1H3,(H,21,24). The summed E-state index contributed by atoms with van der Waals surface area (Å²) in [6, 6.07) is 5.71. The van der Waals surface area contributed by atoms with Gasteiger partial charge in [-0.2, -0.15) is 0 Å². The molecule has 0 spiro atoms. The molecular weight excluding hydrogens is 323 g/mol. The third kappa shape index (κ3) is 4.37. The van der Waals surface area contributed by atoms with Gasteiger partial charge in [0.05, 0.1) is 18.6 Å². The molecule has 1 heterocycles. The predicted octanol–water partition coefficient (Wildman–Crippen LogP) is 2.28. The van der Waals surface area contributed by atoms with E-state index in [0.29, 0.717) is 38.5 Å². The molecule has 2 fully saturated rings. The van der Waals surface area contributed by atoms with Crippen molar-refractivity contribution >= 4 is 11.8 Å². The molecule has 1 saturated carbocycles. The van der Waals surface area contributed by atoms with Crippen molar-refractivity contribution in [1.82, 2.24) is 10.2 Å². The number of benzene rings is 1. The van der Waals surface area contributed by atoms with Crippen LogP contribution in [-0.4, -0.2) is 43.5 Å². The van der Waals surface area contributed by atoms with Crippen LogP contribution in [0.4, 0.5) is 4.39 Å². The molecule has 0 bridgehead atoms. The number of rotatable bonds is 7. The van der Waals surface area contributed by atoms with E-state index in [-0.39, 0.29) is 29.6 Å². The highest BCUT2D eigenvalue weighted by atomic mass is 19.1. The fourth-order valence-corrected chi connectivity index (χ4v) is 3.45. The number of piperidine rings is 1. The number of carbonyl (C=O) groups excluding carboxylic acids is 2. The first kappa shape index (κ1) is 17.9. The van der Waals surface area contributed by atoms with Crippen LogP contribution >= 0.6 is 0 Å². The Hall–Kier alpha value is -1.95.